The van der Waals surface area contributed by atoms with Gasteiger partial charge in [0.05, 0.1) is 0 Å². The fourth-order valence-corrected chi connectivity index (χ4v) is 3.17. The maximum absolute atomic E-state index is 13.0. The molecular weight excluding hydrogens is 369 g/mol. The van der Waals surface area contributed by atoms with Gasteiger partial charge in [0.2, 0.25) is 11.8 Å². The van der Waals surface area contributed by atoms with Gasteiger partial charge in [-0.15, -0.1) is 0 Å². The number of nitrogens with one attached hydrogen (secondary N) is 1. The highest BCUT2D eigenvalue weighted by molar-refractivity contribution is 6.31. The smallest absolute Gasteiger partial charge is 0.233 e. The molecule has 0 aromatic heterocycles. The van der Waals surface area contributed by atoms with Crippen LogP contribution in [0.4, 0.5) is 15.8 Å². The Labute approximate surface area is 162 Å². The molecule has 0 aliphatic carbocycles. The van der Waals surface area contributed by atoms with Crippen molar-refractivity contribution in [3.8, 4) is 0 Å². The van der Waals surface area contributed by atoms with Crippen LogP contribution in [0, 0.1) is 12.7 Å². The van der Waals surface area contributed by atoms with E-state index in [4.69, 9.17) is 11.6 Å². The highest BCUT2D eigenvalue weighted by Crippen LogP contribution is 2.20. The molecule has 142 valence electrons. The van der Waals surface area contributed by atoms with Crippen LogP contribution in [0.5, 0.6) is 0 Å². The molecule has 2 aromatic rings. The molecule has 0 atom stereocenters. The Balaban J connectivity index is 1.49. The van der Waals surface area contributed by atoms with E-state index in [1.165, 1.54) is 12.1 Å². The van der Waals surface area contributed by atoms with Gasteiger partial charge in [-0.05, 0) is 48.9 Å². The summed E-state index contributed by atoms with van der Waals surface area (Å²) in [6.07, 6.45) is -0.206. The van der Waals surface area contributed by atoms with Crippen molar-refractivity contribution < 1.29 is 14.0 Å². The number of hydrogen-bond donors (Lipinski definition) is 1. The minimum atomic E-state index is -0.360. The van der Waals surface area contributed by atoms with Crippen molar-refractivity contribution in [2.75, 3.05) is 36.4 Å². The van der Waals surface area contributed by atoms with Crippen LogP contribution in [0.1, 0.15) is 12.0 Å². The number of nitrogens with zero attached hydrogens (tertiary/aromatic N) is 2. The lowest BCUT2D eigenvalue weighted by Crippen LogP contribution is -2.49. The number of amides is 2. The van der Waals surface area contributed by atoms with Gasteiger partial charge in [0.25, 0.3) is 0 Å². The van der Waals surface area contributed by atoms with Crippen LogP contribution in [-0.2, 0) is 9.59 Å². The molecular formula is C20H21ClFN3O2. The van der Waals surface area contributed by atoms with Crippen LogP contribution < -0.4 is 10.2 Å². The molecule has 1 fully saturated rings. The zero-order valence-electron chi connectivity index (χ0n) is 15.0. The molecule has 1 N–H and O–H groups in total. The Morgan fingerprint density at radius 2 is 1.74 bits per heavy atom. The number of piperazine rings is 1. The van der Waals surface area contributed by atoms with Crippen LogP contribution in [-0.4, -0.2) is 42.9 Å². The van der Waals surface area contributed by atoms with Gasteiger partial charge in [0.15, 0.2) is 0 Å². The number of carbonyl (C=O) groups is 2. The maximum atomic E-state index is 13.0. The molecule has 7 heteroatoms. The Bertz CT molecular complexity index is 834. The first-order valence-electron chi connectivity index (χ1n) is 8.76. The first-order chi connectivity index (χ1) is 12.9. The third-order valence-electron chi connectivity index (χ3n) is 4.59. The third-order valence-corrected chi connectivity index (χ3v) is 5.00. The van der Waals surface area contributed by atoms with Gasteiger partial charge < -0.3 is 15.1 Å². The predicted molar refractivity (Wildman–Crippen MR) is 105 cm³/mol. The number of anilines is 2. The van der Waals surface area contributed by atoms with Crippen LogP contribution in [0.2, 0.25) is 5.02 Å². The molecule has 1 aliphatic heterocycles. The summed E-state index contributed by atoms with van der Waals surface area (Å²) in [4.78, 5) is 28.3. The van der Waals surface area contributed by atoms with E-state index in [9.17, 15) is 14.0 Å². The molecule has 1 saturated heterocycles. The van der Waals surface area contributed by atoms with E-state index in [2.05, 4.69) is 10.2 Å². The van der Waals surface area contributed by atoms with Gasteiger partial charge in [-0.2, -0.15) is 0 Å². The van der Waals surface area contributed by atoms with Crippen LogP contribution >= 0.6 is 11.6 Å². The maximum Gasteiger partial charge on any atom is 0.233 e. The molecule has 0 radical (unpaired) electrons. The quantitative estimate of drug-likeness (QED) is 0.815. The summed E-state index contributed by atoms with van der Waals surface area (Å²) in [7, 11) is 0. The topological polar surface area (TPSA) is 52.7 Å². The van der Waals surface area contributed by atoms with Crippen molar-refractivity contribution >= 4 is 34.8 Å². The van der Waals surface area contributed by atoms with Gasteiger partial charge in [-0.25, -0.2) is 4.39 Å². The van der Waals surface area contributed by atoms with E-state index in [1.54, 1.807) is 29.2 Å². The molecule has 3 rings (SSSR count). The first-order valence-corrected chi connectivity index (χ1v) is 9.14. The fourth-order valence-electron chi connectivity index (χ4n) is 2.99. The molecule has 5 nitrogen and oxygen atoms in total. The van der Waals surface area contributed by atoms with E-state index in [0.717, 1.165) is 11.3 Å². The molecule has 0 unspecified atom stereocenters. The predicted octanol–water partition coefficient (Wildman–Crippen LogP) is 3.46. The van der Waals surface area contributed by atoms with Crippen LogP contribution in [0.25, 0.3) is 0 Å². The largest absolute Gasteiger partial charge is 0.368 e. The average Bonchev–Trinajstić information content (AvgIpc) is 2.65. The highest BCUT2D eigenvalue weighted by atomic mass is 35.5. The van der Waals surface area contributed by atoms with Gasteiger partial charge >= 0.3 is 0 Å². The second kappa shape index (κ2) is 8.39. The standard InChI is InChI=1S/C20H21ClFN3O2/c1-14-2-5-16(12-18(14)21)23-19(26)13-20(27)25-10-8-24(9-11-25)17-6-3-15(22)4-7-17/h2-7,12H,8-11,13H2,1H3,(H,23,26). The monoisotopic (exact) mass is 389 g/mol. The van der Waals surface area contributed by atoms with Crippen molar-refractivity contribution in [3.63, 3.8) is 0 Å². The molecule has 0 saturated carbocycles. The van der Waals surface area contributed by atoms with Gasteiger partial charge in [0, 0.05) is 42.6 Å². The highest BCUT2D eigenvalue weighted by Gasteiger charge is 2.23. The summed E-state index contributed by atoms with van der Waals surface area (Å²) < 4.78 is 13.0. The van der Waals surface area contributed by atoms with E-state index < -0.39 is 0 Å². The van der Waals surface area contributed by atoms with Crippen molar-refractivity contribution in [2.45, 2.75) is 13.3 Å². The van der Waals surface area contributed by atoms with E-state index >= 15 is 0 Å². The van der Waals surface area contributed by atoms with E-state index in [1.807, 2.05) is 13.0 Å². The minimum Gasteiger partial charge on any atom is -0.368 e. The van der Waals surface area contributed by atoms with E-state index in [0.29, 0.717) is 36.9 Å². The summed E-state index contributed by atoms with van der Waals surface area (Å²) in [5.41, 5.74) is 2.42. The molecule has 1 aliphatic rings. The average molecular weight is 390 g/mol. The second-order valence-corrected chi connectivity index (χ2v) is 6.94. The molecule has 2 amide bonds. The van der Waals surface area contributed by atoms with E-state index in [-0.39, 0.29) is 24.1 Å². The molecule has 27 heavy (non-hydrogen) atoms. The van der Waals surface area contributed by atoms with Crippen molar-refractivity contribution in [2.24, 2.45) is 0 Å². The molecule has 2 aromatic carbocycles. The number of rotatable bonds is 4. The van der Waals surface area contributed by atoms with Crippen molar-refractivity contribution in [3.05, 3.63) is 58.9 Å². The Hall–Kier alpha value is -2.60. The zero-order valence-corrected chi connectivity index (χ0v) is 15.8. The number of carbonyl (C=O) groups excluding carboxylic acids is 2. The molecule has 1 heterocycles. The lowest BCUT2D eigenvalue weighted by molar-refractivity contribution is -0.134. The SMILES string of the molecule is Cc1ccc(NC(=O)CC(=O)N2CCN(c3ccc(F)cc3)CC2)cc1Cl. The molecule has 0 spiro atoms. The number of hydrogen-bond acceptors (Lipinski definition) is 3. The van der Waals surface area contributed by atoms with Gasteiger partial charge in [0.1, 0.15) is 12.2 Å². The minimum absolute atomic E-state index is 0.204. The first kappa shape index (κ1) is 19.2. The number of benzene rings is 2. The molecule has 0 bridgehead atoms. The van der Waals surface area contributed by atoms with Crippen molar-refractivity contribution in [1.29, 1.82) is 0 Å². The van der Waals surface area contributed by atoms with Gasteiger partial charge in [-0.1, -0.05) is 17.7 Å². The Kier molecular flexibility index (Phi) is 5.96. The lowest BCUT2D eigenvalue weighted by atomic mass is 10.2. The second-order valence-electron chi connectivity index (χ2n) is 6.53. The summed E-state index contributed by atoms with van der Waals surface area (Å²) in [6, 6.07) is 11.5. The summed E-state index contributed by atoms with van der Waals surface area (Å²) in [5.74, 6) is -0.834. The lowest BCUT2D eigenvalue weighted by Gasteiger charge is -2.36. The number of halogens is 2. The Morgan fingerprint density at radius 1 is 1.07 bits per heavy atom. The van der Waals surface area contributed by atoms with Gasteiger partial charge in [-0.3, -0.25) is 9.59 Å². The van der Waals surface area contributed by atoms with Crippen LogP contribution in [0.3, 0.4) is 0 Å². The summed E-state index contributed by atoms with van der Waals surface area (Å²) in [6.45, 7) is 4.22. The zero-order chi connectivity index (χ0) is 19.4. The number of aryl methyl sites for hydroxylation is 1. The summed E-state index contributed by atoms with van der Waals surface area (Å²) >= 11 is 6.05. The third kappa shape index (κ3) is 4.98. The summed E-state index contributed by atoms with van der Waals surface area (Å²) in [5, 5.41) is 3.27. The fraction of sp³-hybridized carbons (Fsp3) is 0.300. The van der Waals surface area contributed by atoms with Crippen molar-refractivity contribution in [1.82, 2.24) is 4.90 Å². The normalized spacial score (nSPS) is 14.2. The van der Waals surface area contributed by atoms with Crippen LogP contribution in [0.15, 0.2) is 42.5 Å². The Morgan fingerprint density at radius 3 is 2.37 bits per heavy atom.